The van der Waals surface area contributed by atoms with E-state index in [9.17, 15) is 9.59 Å². The van der Waals surface area contributed by atoms with Gasteiger partial charge in [0.1, 0.15) is 0 Å². The highest BCUT2D eigenvalue weighted by molar-refractivity contribution is 5.81. The van der Waals surface area contributed by atoms with E-state index in [0.717, 1.165) is 50.6 Å². The van der Waals surface area contributed by atoms with Crippen LogP contribution >= 0.6 is 0 Å². The molecule has 2 N–H and O–H groups in total. The molecule has 4 nitrogen and oxygen atoms in total. The fourth-order valence-corrected chi connectivity index (χ4v) is 3.29. The molecule has 1 aliphatic carbocycles. The number of hydrogen-bond donors (Lipinski definition) is 2. The highest BCUT2D eigenvalue weighted by Crippen LogP contribution is 2.29. The summed E-state index contributed by atoms with van der Waals surface area (Å²) in [5.74, 6) is 0.432. The third kappa shape index (κ3) is 5.36. The van der Waals surface area contributed by atoms with Gasteiger partial charge in [-0.1, -0.05) is 37.6 Å². The Morgan fingerprint density at radius 1 is 1.00 bits per heavy atom. The van der Waals surface area contributed by atoms with Gasteiger partial charge in [-0.15, -0.1) is 0 Å². The molecule has 2 rings (SSSR count). The number of nitrogens with one attached hydrogen (secondary N) is 2. The zero-order valence-electron chi connectivity index (χ0n) is 14.9. The largest absolute Gasteiger partial charge is 0.356 e. The van der Waals surface area contributed by atoms with Crippen LogP contribution in [0.3, 0.4) is 0 Å². The molecule has 0 aromatic heterocycles. The van der Waals surface area contributed by atoms with Crippen molar-refractivity contribution >= 4 is 11.8 Å². The third-order valence-corrected chi connectivity index (χ3v) is 5.01. The molecule has 24 heavy (non-hydrogen) atoms. The van der Waals surface area contributed by atoms with Gasteiger partial charge in [-0.3, -0.25) is 9.59 Å². The first kappa shape index (κ1) is 18.5. The first-order valence-corrected chi connectivity index (χ1v) is 9.21. The zero-order valence-corrected chi connectivity index (χ0v) is 14.9. The van der Waals surface area contributed by atoms with Crippen LogP contribution in [0.5, 0.6) is 0 Å². The van der Waals surface area contributed by atoms with E-state index in [1.54, 1.807) is 0 Å². The van der Waals surface area contributed by atoms with Crippen molar-refractivity contribution in [1.29, 1.82) is 0 Å². The number of rotatable bonds is 7. The molecule has 0 atom stereocenters. The van der Waals surface area contributed by atoms with E-state index in [2.05, 4.69) is 30.5 Å². The Kier molecular flexibility index (Phi) is 7.29. The molecular formula is C20H30N2O2. The predicted molar refractivity (Wildman–Crippen MR) is 96.4 cm³/mol. The molecule has 1 fully saturated rings. The lowest BCUT2D eigenvalue weighted by molar-refractivity contribution is -0.130. The highest BCUT2D eigenvalue weighted by atomic mass is 16.2. The minimum atomic E-state index is 0.0497. The van der Waals surface area contributed by atoms with E-state index < -0.39 is 0 Å². The Balaban J connectivity index is 1.72. The molecule has 0 aliphatic heterocycles. The van der Waals surface area contributed by atoms with Gasteiger partial charge >= 0.3 is 0 Å². The van der Waals surface area contributed by atoms with Crippen molar-refractivity contribution in [3.8, 4) is 0 Å². The number of aryl methyl sites for hydroxylation is 1. The van der Waals surface area contributed by atoms with Crippen LogP contribution in [0.15, 0.2) is 24.3 Å². The Hall–Kier alpha value is -1.84. The quantitative estimate of drug-likeness (QED) is 0.753. The summed E-state index contributed by atoms with van der Waals surface area (Å²) in [6.07, 6.45) is 5.38. The van der Waals surface area contributed by atoms with Crippen LogP contribution in [0.25, 0.3) is 0 Å². The van der Waals surface area contributed by atoms with Crippen molar-refractivity contribution in [3.63, 3.8) is 0 Å². The van der Waals surface area contributed by atoms with Crippen molar-refractivity contribution in [2.45, 2.75) is 58.9 Å². The average molecular weight is 330 g/mol. The Morgan fingerprint density at radius 3 is 2.17 bits per heavy atom. The Bertz CT molecular complexity index is 548. The number of hydrogen-bond acceptors (Lipinski definition) is 2. The van der Waals surface area contributed by atoms with Gasteiger partial charge < -0.3 is 10.6 Å². The van der Waals surface area contributed by atoms with Crippen molar-refractivity contribution in [1.82, 2.24) is 10.6 Å². The molecule has 1 aromatic carbocycles. The maximum atomic E-state index is 12.4. The summed E-state index contributed by atoms with van der Waals surface area (Å²) >= 11 is 0. The first-order valence-electron chi connectivity index (χ1n) is 9.21. The van der Waals surface area contributed by atoms with Gasteiger partial charge in [-0.2, -0.15) is 0 Å². The monoisotopic (exact) mass is 330 g/mol. The van der Waals surface area contributed by atoms with E-state index in [1.165, 1.54) is 5.56 Å². The smallest absolute Gasteiger partial charge is 0.223 e. The van der Waals surface area contributed by atoms with E-state index in [0.29, 0.717) is 6.54 Å². The summed E-state index contributed by atoms with van der Waals surface area (Å²) in [5, 5.41) is 6.07. The number of benzene rings is 1. The molecule has 1 aromatic rings. The van der Waals surface area contributed by atoms with Crippen molar-refractivity contribution in [2.24, 2.45) is 11.8 Å². The van der Waals surface area contributed by atoms with E-state index in [-0.39, 0.29) is 23.7 Å². The normalized spacial score (nSPS) is 20.4. The third-order valence-electron chi connectivity index (χ3n) is 5.01. The van der Waals surface area contributed by atoms with Gasteiger partial charge in [0.05, 0.1) is 0 Å². The van der Waals surface area contributed by atoms with Gasteiger partial charge in [-0.25, -0.2) is 0 Å². The van der Waals surface area contributed by atoms with Crippen LogP contribution in [0, 0.1) is 18.8 Å². The second kappa shape index (κ2) is 9.45. The SMILES string of the molecule is CCCCNC(=O)C1CCC(C(=O)NCc2ccccc2C)CC1. The fraction of sp³-hybridized carbons (Fsp3) is 0.600. The van der Waals surface area contributed by atoms with Crippen molar-refractivity contribution in [3.05, 3.63) is 35.4 Å². The van der Waals surface area contributed by atoms with Crippen LogP contribution in [0.2, 0.25) is 0 Å². The van der Waals surface area contributed by atoms with Gasteiger partial charge in [0.25, 0.3) is 0 Å². The molecule has 0 unspecified atom stereocenters. The second-order valence-corrected chi connectivity index (χ2v) is 6.84. The molecule has 132 valence electrons. The predicted octanol–water partition coefficient (Wildman–Crippen LogP) is 3.33. The topological polar surface area (TPSA) is 58.2 Å². The van der Waals surface area contributed by atoms with Gasteiger partial charge in [0.15, 0.2) is 0 Å². The summed E-state index contributed by atoms with van der Waals surface area (Å²) in [5.41, 5.74) is 2.36. The van der Waals surface area contributed by atoms with E-state index >= 15 is 0 Å². The molecule has 1 aliphatic rings. The maximum Gasteiger partial charge on any atom is 0.223 e. The lowest BCUT2D eigenvalue weighted by atomic mass is 9.81. The van der Waals surface area contributed by atoms with E-state index in [4.69, 9.17) is 0 Å². The summed E-state index contributed by atoms with van der Waals surface area (Å²) in [4.78, 5) is 24.4. The lowest BCUT2D eigenvalue weighted by Gasteiger charge is -2.27. The molecule has 1 saturated carbocycles. The molecule has 4 heteroatoms. The van der Waals surface area contributed by atoms with Crippen LogP contribution in [-0.4, -0.2) is 18.4 Å². The number of carbonyl (C=O) groups excluding carboxylic acids is 2. The minimum Gasteiger partial charge on any atom is -0.356 e. The summed E-state index contributed by atoms with van der Waals surface area (Å²) in [7, 11) is 0. The Morgan fingerprint density at radius 2 is 1.58 bits per heavy atom. The van der Waals surface area contributed by atoms with Gasteiger partial charge in [0, 0.05) is 24.9 Å². The lowest BCUT2D eigenvalue weighted by Crippen LogP contribution is -2.37. The Labute approximate surface area is 145 Å². The highest BCUT2D eigenvalue weighted by Gasteiger charge is 2.29. The molecule has 0 bridgehead atoms. The maximum absolute atomic E-state index is 12.4. The van der Waals surface area contributed by atoms with Gasteiger partial charge in [-0.05, 0) is 50.2 Å². The summed E-state index contributed by atoms with van der Waals surface area (Å²) in [6.45, 7) is 5.53. The van der Waals surface area contributed by atoms with Gasteiger partial charge in [0.2, 0.25) is 11.8 Å². The molecule has 0 spiro atoms. The van der Waals surface area contributed by atoms with Crippen LogP contribution in [0.1, 0.15) is 56.6 Å². The first-order chi connectivity index (χ1) is 11.6. The fourth-order valence-electron chi connectivity index (χ4n) is 3.29. The van der Waals surface area contributed by atoms with Crippen LogP contribution < -0.4 is 10.6 Å². The summed E-state index contributed by atoms with van der Waals surface area (Å²) < 4.78 is 0. The number of amides is 2. The molecule has 2 amide bonds. The van der Waals surface area contributed by atoms with Crippen molar-refractivity contribution in [2.75, 3.05) is 6.54 Å². The molecular weight excluding hydrogens is 300 g/mol. The standard InChI is InChI=1S/C20H30N2O2/c1-3-4-13-21-19(23)16-9-11-17(12-10-16)20(24)22-14-18-8-6-5-7-15(18)2/h5-8,16-17H,3-4,9-14H2,1-2H3,(H,21,23)(H,22,24). The van der Waals surface area contributed by atoms with Crippen molar-refractivity contribution < 1.29 is 9.59 Å². The molecule has 0 radical (unpaired) electrons. The van der Waals surface area contributed by atoms with Crippen LogP contribution in [-0.2, 0) is 16.1 Å². The molecule has 0 heterocycles. The number of unbranched alkanes of at least 4 members (excludes halogenated alkanes) is 1. The minimum absolute atomic E-state index is 0.0497. The summed E-state index contributed by atoms with van der Waals surface area (Å²) in [6, 6.07) is 8.11. The van der Waals surface area contributed by atoms with E-state index in [1.807, 2.05) is 18.2 Å². The zero-order chi connectivity index (χ0) is 17.4. The molecule has 0 saturated heterocycles. The van der Waals surface area contributed by atoms with Crippen LogP contribution in [0.4, 0.5) is 0 Å². The second-order valence-electron chi connectivity index (χ2n) is 6.84. The number of carbonyl (C=O) groups is 2. The average Bonchev–Trinajstić information content (AvgIpc) is 2.61.